The predicted molar refractivity (Wildman–Crippen MR) is 96.5 cm³/mol. The van der Waals surface area contributed by atoms with Crippen LogP contribution in [0.3, 0.4) is 0 Å². The van der Waals surface area contributed by atoms with Gasteiger partial charge in [0, 0.05) is 12.1 Å². The van der Waals surface area contributed by atoms with Gasteiger partial charge in [-0.2, -0.15) is 5.10 Å². The van der Waals surface area contributed by atoms with Crippen LogP contribution in [0.1, 0.15) is 32.9 Å². The van der Waals surface area contributed by atoms with E-state index in [1.807, 2.05) is 0 Å². The number of rotatable bonds is 5. The fourth-order valence-electron chi connectivity index (χ4n) is 2.90. The summed E-state index contributed by atoms with van der Waals surface area (Å²) in [6.07, 6.45) is 0. The summed E-state index contributed by atoms with van der Waals surface area (Å²) in [6.45, 7) is 3.24. The fraction of sp³-hybridized carbons (Fsp3) is 0.200. The second-order valence-corrected chi connectivity index (χ2v) is 6.20. The number of hydrogen-bond acceptors (Lipinski definition) is 3. The second-order valence-electron chi connectivity index (χ2n) is 6.20. The lowest BCUT2D eigenvalue weighted by Crippen LogP contribution is -2.24. The summed E-state index contributed by atoms with van der Waals surface area (Å²) in [4.78, 5) is 12.6. The van der Waals surface area contributed by atoms with Gasteiger partial charge in [0.05, 0.1) is 29.2 Å². The Morgan fingerprint density at radius 1 is 1.15 bits per heavy atom. The van der Waals surface area contributed by atoms with Crippen molar-refractivity contribution < 1.29 is 18.7 Å². The maximum atomic E-state index is 13.7. The first-order valence-corrected chi connectivity index (χ1v) is 8.39. The monoisotopic (exact) mass is 371 g/mol. The minimum atomic E-state index is -0.513. The third-order valence-corrected chi connectivity index (χ3v) is 4.33. The minimum absolute atomic E-state index is 0.141. The number of carbonyl (C=O) groups is 1. The van der Waals surface area contributed by atoms with Crippen LogP contribution in [-0.2, 0) is 13.2 Å². The van der Waals surface area contributed by atoms with Crippen LogP contribution in [0.25, 0.3) is 5.69 Å². The van der Waals surface area contributed by atoms with E-state index in [9.17, 15) is 13.6 Å². The molecule has 0 spiro atoms. The van der Waals surface area contributed by atoms with Crippen LogP contribution >= 0.6 is 0 Å². The first-order valence-electron chi connectivity index (χ1n) is 8.39. The second kappa shape index (κ2) is 7.67. The van der Waals surface area contributed by atoms with Crippen LogP contribution in [0.2, 0.25) is 0 Å². The smallest absolute Gasteiger partial charge is 0.255 e. The molecule has 5 nitrogen and oxygen atoms in total. The van der Waals surface area contributed by atoms with Gasteiger partial charge in [0.2, 0.25) is 0 Å². The van der Waals surface area contributed by atoms with E-state index in [-0.39, 0.29) is 30.4 Å². The summed E-state index contributed by atoms with van der Waals surface area (Å²) in [5.41, 5.74) is 3.02. The highest BCUT2D eigenvalue weighted by molar-refractivity contribution is 5.96. The van der Waals surface area contributed by atoms with Crippen LogP contribution < -0.4 is 5.32 Å². The molecule has 1 heterocycles. The molecule has 0 unspecified atom stereocenters. The number of aliphatic hydroxyl groups is 1. The third kappa shape index (κ3) is 3.88. The summed E-state index contributed by atoms with van der Waals surface area (Å²) < 4.78 is 28.4. The lowest BCUT2D eigenvalue weighted by atomic mass is 10.1. The number of benzene rings is 2. The molecular formula is C20H19F2N3O2. The Morgan fingerprint density at radius 3 is 2.48 bits per heavy atom. The maximum Gasteiger partial charge on any atom is 0.255 e. The quantitative estimate of drug-likeness (QED) is 0.724. The molecular weight excluding hydrogens is 352 g/mol. The van der Waals surface area contributed by atoms with Gasteiger partial charge in [-0.15, -0.1) is 0 Å². The van der Waals surface area contributed by atoms with Crippen molar-refractivity contribution in [2.24, 2.45) is 0 Å². The normalized spacial score (nSPS) is 10.9. The first-order chi connectivity index (χ1) is 12.9. The number of carbonyl (C=O) groups excluding carboxylic acids is 1. The zero-order chi connectivity index (χ0) is 19.6. The molecule has 0 aliphatic heterocycles. The number of aliphatic hydroxyl groups excluding tert-OH is 1. The van der Waals surface area contributed by atoms with Crippen molar-refractivity contribution in [3.8, 4) is 5.69 Å². The Kier molecular flexibility index (Phi) is 5.32. The van der Waals surface area contributed by atoms with Gasteiger partial charge in [-0.1, -0.05) is 12.1 Å². The number of nitrogens with one attached hydrogen (secondary N) is 1. The van der Waals surface area contributed by atoms with Crippen LogP contribution in [0.15, 0.2) is 42.5 Å². The summed E-state index contributed by atoms with van der Waals surface area (Å²) in [5.74, 6) is -1.19. The van der Waals surface area contributed by atoms with Crippen molar-refractivity contribution in [2.45, 2.75) is 27.0 Å². The predicted octanol–water partition coefficient (Wildman–Crippen LogP) is 3.19. The molecule has 3 rings (SSSR count). The van der Waals surface area contributed by atoms with Crippen molar-refractivity contribution in [1.29, 1.82) is 0 Å². The Hall–Kier alpha value is -3.06. The highest BCUT2D eigenvalue weighted by Gasteiger charge is 2.19. The molecule has 27 heavy (non-hydrogen) atoms. The third-order valence-electron chi connectivity index (χ3n) is 4.33. The zero-order valence-corrected chi connectivity index (χ0v) is 15.0. The molecule has 0 saturated heterocycles. The highest BCUT2D eigenvalue weighted by Crippen LogP contribution is 2.18. The van der Waals surface area contributed by atoms with Gasteiger partial charge in [-0.25, -0.2) is 13.5 Å². The Balaban J connectivity index is 1.79. The van der Waals surface area contributed by atoms with Crippen LogP contribution in [0.5, 0.6) is 0 Å². The molecule has 0 aliphatic carbocycles. The van der Waals surface area contributed by atoms with E-state index in [2.05, 4.69) is 10.4 Å². The first kappa shape index (κ1) is 18.7. The molecule has 2 N–H and O–H groups in total. The van der Waals surface area contributed by atoms with E-state index in [0.29, 0.717) is 28.2 Å². The van der Waals surface area contributed by atoms with Crippen molar-refractivity contribution in [3.05, 3.63) is 82.2 Å². The Bertz CT molecular complexity index is 982. The van der Waals surface area contributed by atoms with Gasteiger partial charge in [0.25, 0.3) is 5.91 Å². The van der Waals surface area contributed by atoms with Gasteiger partial charge in [0.15, 0.2) is 0 Å². The molecule has 0 saturated carbocycles. The lowest BCUT2D eigenvalue weighted by molar-refractivity contribution is 0.0949. The number of halogens is 2. The number of aromatic nitrogens is 2. The summed E-state index contributed by atoms with van der Waals surface area (Å²) in [5, 5.41) is 16.1. The molecule has 1 amide bonds. The van der Waals surface area contributed by atoms with E-state index in [1.165, 1.54) is 24.3 Å². The Morgan fingerprint density at radius 2 is 1.85 bits per heavy atom. The summed E-state index contributed by atoms with van der Waals surface area (Å²) >= 11 is 0. The highest BCUT2D eigenvalue weighted by atomic mass is 19.1. The molecule has 1 aromatic heterocycles. The standard InChI is InChI=1S/C20H19F2N3O2/c1-12-19(13(2)25(24-12)17-7-5-16(21)6-8-17)20(27)23-10-14-3-4-15(11-26)18(22)9-14/h3-9,26H,10-11H2,1-2H3,(H,23,27). The van der Waals surface area contributed by atoms with E-state index >= 15 is 0 Å². The van der Waals surface area contributed by atoms with Crippen LogP contribution in [0.4, 0.5) is 8.78 Å². The van der Waals surface area contributed by atoms with Crippen molar-refractivity contribution in [2.75, 3.05) is 0 Å². The minimum Gasteiger partial charge on any atom is -0.392 e. The van der Waals surface area contributed by atoms with Crippen molar-refractivity contribution in [3.63, 3.8) is 0 Å². The molecule has 0 radical (unpaired) electrons. The van der Waals surface area contributed by atoms with Crippen LogP contribution in [-0.4, -0.2) is 20.8 Å². The van der Waals surface area contributed by atoms with Gasteiger partial charge in [0.1, 0.15) is 11.6 Å². The number of aryl methyl sites for hydroxylation is 1. The topological polar surface area (TPSA) is 67.2 Å². The number of amides is 1. The average Bonchev–Trinajstić information content (AvgIpc) is 2.95. The molecule has 2 aromatic carbocycles. The molecule has 140 valence electrons. The van der Waals surface area contributed by atoms with E-state index in [1.54, 1.807) is 36.7 Å². The Labute approximate surface area is 155 Å². The summed E-state index contributed by atoms with van der Waals surface area (Å²) in [6, 6.07) is 10.3. The average molecular weight is 371 g/mol. The van der Waals surface area contributed by atoms with E-state index < -0.39 is 5.82 Å². The molecule has 0 atom stereocenters. The van der Waals surface area contributed by atoms with Gasteiger partial charge in [-0.05, 0) is 49.7 Å². The van der Waals surface area contributed by atoms with Gasteiger partial charge in [-0.3, -0.25) is 4.79 Å². The van der Waals surface area contributed by atoms with Gasteiger partial charge < -0.3 is 10.4 Å². The fourth-order valence-corrected chi connectivity index (χ4v) is 2.90. The maximum absolute atomic E-state index is 13.7. The molecule has 7 heteroatoms. The van der Waals surface area contributed by atoms with Crippen molar-refractivity contribution in [1.82, 2.24) is 15.1 Å². The molecule has 3 aromatic rings. The number of hydrogen-bond donors (Lipinski definition) is 2. The summed E-state index contributed by atoms with van der Waals surface area (Å²) in [7, 11) is 0. The van der Waals surface area contributed by atoms with Gasteiger partial charge >= 0.3 is 0 Å². The number of nitrogens with zero attached hydrogens (tertiary/aromatic N) is 2. The SMILES string of the molecule is Cc1nn(-c2ccc(F)cc2)c(C)c1C(=O)NCc1ccc(CO)c(F)c1. The molecule has 0 aliphatic rings. The van der Waals surface area contributed by atoms with Crippen LogP contribution in [0, 0.1) is 25.5 Å². The van der Waals surface area contributed by atoms with Crippen molar-refractivity contribution >= 4 is 5.91 Å². The molecule has 0 fully saturated rings. The largest absolute Gasteiger partial charge is 0.392 e. The lowest BCUT2D eigenvalue weighted by Gasteiger charge is -2.08. The van der Waals surface area contributed by atoms with E-state index in [4.69, 9.17) is 5.11 Å². The molecule has 0 bridgehead atoms. The zero-order valence-electron chi connectivity index (χ0n) is 15.0. The van der Waals surface area contributed by atoms with E-state index in [0.717, 1.165) is 0 Å².